The molecule has 13 heavy (non-hydrogen) atoms. The molecule has 2 heterocycles. The molecule has 0 saturated carbocycles. The Bertz CT molecular complexity index is 407. The Labute approximate surface area is 81.1 Å². The first kappa shape index (κ1) is 8.26. The average molecular weight is 190 g/mol. The zero-order valence-corrected chi connectivity index (χ0v) is 8.14. The van der Waals surface area contributed by atoms with Gasteiger partial charge in [-0.3, -0.25) is 0 Å². The van der Waals surface area contributed by atoms with Gasteiger partial charge in [0.2, 0.25) is 0 Å². The summed E-state index contributed by atoms with van der Waals surface area (Å²) >= 11 is 1.68. The quantitative estimate of drug-likeness (QED) is 0.751. The van der Waals surface area contributed by atoms with Crippen LogP contribution in [0.2, 0.25) is 0 Å². The topological polar surface area (TPSA) is 38.9 Å². The molecule has 0 amide bonds. The summed E-state index contributed by atoms with van der Waals surface area (Å²) in [6.45, 7) is 1.94. The van der Waals surface area contributed by atoms with Crippen LogP contribution in [0, 0.1) is 6.92 Å². The molecule has 0 aliphatic heterocycles. The Hall–Kier alpha value is -1.35. The molecule has 2 N–H and O–H groups in total. The Morgan fingerprint density at radius 3 is 2.77 bits per heavy atom. The van der Waals surface area contributed by atoms with Crippen LogP contribution < -0.4 is 5.73 Å². The highest BCUT2D eigenvalue weighted by Crippen LogP contribution is 2.28. The number of rotatable bonds is 1. The van der Waals surface area contributed by atoms with Crippen LogP contribution in [0.25, 0.3) is 10.4 Å². The maximum atomic E-state index is 5.81. The van der Waals surface area contributed by atoms with Crippen LogP contribution in [0.5, 0.6) is 0 Å². The summed E-state index contributed by atoms with van der Waals surface area (Å²) in [5.41, 5.74) is 7.79. The first-order valence-corrected chi connectivity index (χ1v) is 4.92. The normalized spacial score (nSPS) is 10.2. The van der Waals surface area contributed by atoms with E-state index in [-0.39, 0.29) is 0 Å². The third kappa shape index (κ3) is 1.55. The van der Waals surface area contributed by atoms with E-state index in [4.69, 9.17) is 5.73 Å². The number of hydrogen-bond acceptors (Lipinski definition) is 3. The summed E-state index contributed by atoms with van der Waals surface area (Å²) in [5.74, 6) is 0.613. The van der Waals surface area contributed by atoms with Gasteiger partial charge in [0.1, 0.15) is 5.82 Å². The second-order valence-corrected chi connectivity index (χ2v) is 3.81. The number of anilines is 1. The molecule has 2 aromatic rings. The third-order valence-corrected chi connectivity index (χ3v) is 2.75. The minimum Gasteiger partial charge on any atom is -0.383 e. The molecule has 2 aromatic heterocycles. The van der Waals surface area contributed by atoms with Gasteiger partial charge in [0, 0.05) is 16.1 Å². The number of nitrogens with two attached hydrogens (primary N) is 1. The lowest BCUT2D eigenvalue weighted by Gasteiger charge is -2.02. The van der Waals surface area contributed by atoms with E-state index >= 15 is 0 Å². The first-order valence-electron chi connectivity index (χ1n) is 4.04. The van der Waals surface area contributed by atoms with Gasteiger partial charge in [0.25, 0.3) is 0 Å². The van der Waals surface area contributed by atoms with E-state index in [0.29, 0.717) is 5.82 Å². The van der Waals surface area contributed by atoms with Gasteiger partial charge in [-0.05, 0) is 30.5 Å². The molecule has 0 unspecified atom stereocenters. The van der Waals surface area contributed by atoms with E-state index < -0.39 is 0 Å². The molecule has 0 radical (unpaired) electrons. The Morgan fingerprint density at radius 1 is 1.31 bits per heavy atom. The van der Waals surface area contributed by atoms with E-state index in [2.05, 4.69) is 4.98 Å². The van der Waals surface area contributed by atoms with Crippen molar-refractivity contribution in [1.29, 1.82) is 0 Å². The van der Waals surface area contributed by atoms with E-state index in [0.717, 1.165) is 11.3 Å². The monoisotopic (exact) mass is 190 g/mol. The van der Waals surface area contributed by atoms with Gasteiger partial charge >= 0.3 is 0 Å². The number of aryl methyl sites for hydroxylation is 1. The molecule has 2 nitrogen and oxygen atoms in total. The van der Waals surface area contributed by atoms with Crippen molar-refractivity contribution in [1.82, 2.24) is 4.98 Å². The molecular weight excluding hydrogens is 180 g/mol. The van der Waals surface area contributed by atoms with Crippen LogP contribution >= 0.6 is 11.3 Å². The zero-order valence-electron chi connectivity index (χ0n) is 7.32. The SMILES string of the molecule is Cc1ccc(-c2cccs2)c(N)n1. The summed E-state index contributed by atoms with van der Waals surface area (Å²) in [7, 11) is 0. The van der Waals surface area contributed by atoms with Crippen molar-refractivity contribution < 1.29 is 0 Å². The summed E-state index contributed by atoms with van der Waals surface area (Å²) in [4.78, 5) is 5.39. The average Bonchev–Trinajstić information content (AvgIpc) is 2.56. The summed E-state index contributed by atoms with van der Waals surface area (Å²) in [6.07, 6.45) is 0. The molecular formula is C10H10N2S. The lowest BCUT2D eigenvalue weighted by molar-refractivity contribution is 1.21. The number of thiophene rings is 1. The Morgan fingerprint density at radius 2 is 2.15 bits per heavy atom. The molecule has 0 saturated heterocycles. The molecule has 3 heteroatoms. The van der Waals surface area contributed by atoms with Crippen molar-refractivity contribution in [3.8, 4) is 10.4 Å². The zero-order chi connectivity index (χ0) is 9.26. The van der Waals surface area contributed by atoms with Gasteiger partial charge in [0.05, 0.1) is 0 Å². The third-order valence-electron chi connectivity index (χ3n) is 1.85. The first-order chi connectivity index (χ1) is 6.27. The van der Waals surface area contributed by atoms with Crippen molar-refractivity contribution in [3.05, 3.63) is 35.3 Å². The lowest BCUT2D eigenvalue weighted by atomic mass is 10.2. The van der Waals surface area contributed by atoms with Crippen molar-refractivity contribution in [2.24, 2.45) is 0 Å². The number of nitrogens with zero attached hydrogens (tertiary/aromatic N) is 1. The molecule has 0 aliphatic carbocycles. The van der Waals surface area contributed by atoms with Gasteiger partial charge in [-0.2, -0.15) is 0 Å². The Balaban J connectivity index is 2.53. The molecule has 2 rings (SSSR count). The van der Waals surface area contributed by atoms with E-state index in [9.17, 15) is 0 Å². The van der Waals surface area contributed by atoms with Crippen LogP contribution in [0.1, 0.15) is 5.69 Å². The minimum atomic E-state index is 0.613. The fourth-order valence-electron chi connectivity index (χ4n) is 1.22. The smallest absolute Gasteiger partial charge is 0.132 e. The minimum absolute atomic E-state index is 0.613. The van der Waals surface area contributed by atoms with Crippen molar-refractivity contribution >= 4 is 17.2 Å². The lowest BCUT2D eigenvalue weighted by Crippen LogP contribution is -1.94. The number of aromatic nitrogens is 1. The number of hydrogen-bond donors (Lipinski definition) is 1. The van der Waals surface area contributed by atoms with Gasteiger partial charge in [-0.1, -0.05) is 6.07 Å². The highest BCUT2D eigenvalue weighted by molar-refractivity contribution is 7.13. The summed E-state index contributed by atoms with van der Waals surface area (Å²) in [5, 5.41) is 2.04. The maximum Gasteiger partial charge on any atom is 0.132 e. The second-order valence-electron chi connectivity index (χ2n) is 2.86. The highest BCUT2D eigenvalue weighted by Gasteiger charge is 2.03. The van der Waals surface area contributed by atoms with Crippen LogP contribution in [0.4, 0.5) is 5.82 Å². The standard InChI is InChI=1S/C10H10N2S/c1-7-4-5-8(10(11)12-7)9-3-2-6-13-9/h2-6H,1H3,(H2,11,12). The van der Waals surface area contributed by atoms with Gasteiger partial charge < -0.3 is 5.73 Å². The van der Waals surface area contributed by atoms with Crippen molar-refractivity contribution in [2.75, 3.05) is 5.73 Å². The van der Waals surface area contributed by atoms with Gasteiger partial charge in [-0.25, -0.2) is 4.98 Å². The predicted octanol–water partition coefficient (Wildman–Crippen LogP) is 2.70. The van der Waals surface area contributed by atoms with E-state index in [1.165, 1.54) is 4.88 Å². The van der Waals surface area contributed by atoms with E-state index in [1.807, 2.05) is 36.6 Å². The molecule has 0 bridgehead atoms. The van der Waals surface area contributed by atoms with Crippen LogP contribution in [0.3, 0.4) is 0 Å². The van der Waals surface area contributed by atoms with Crippen LogP contribution in [-0.2, 0) is 0 Å². The summed E-state index contributed by atoms with van der Waals surface area (Å²) in [6, 6.07) is 8.06. The predicted molar refractivity (Wildman–Crippen MR) is 56.7 cm³/mol. The van der Waals surface area contributed by atoms with E-state index in [1.54, 1.807) is 11.3 Å². The number of nitrogen functional groups attached to an aromatic ring is 1. The molecule has 0 atom stereocenters. The molecule has 0 aromatic carbocycles. The molecule has 66 valence electrons. The largest absolute Gasteiger partial charge is 0.383 e. The fourth-order valence-corrected chi connectivity index (χ4v) is 1.98. The molecule has 0 spiro atoms. The van der Waals surface area contributed by atoms with Crippen molar-refractivity contribution in [3.63, 3.8) is 0 Å². The Kier molecular flexibility index (Phi) is 2.02. The number of pyridine rings is 1. The van der Waals surface area contributed by atoms with Gasteiger partial charge in [-0.15, -0.1) is 11.3 Å². The highest BCUT2D eigenvalue weighted by atomic mass is 32.1. The van der Waals surface area contributed by atoms with Crippen molar-refractivity contribution in [2.45, 2.75) is 6.92 Å². The summed E-state index contributed by atoms with van der Waals surface area (Å²) < 4.78 is 0. The fraction of sp³-hybridized carbons (Fsp3) is 0.100. The second kappa shape index (κ2) is 3.18. The van der Waals surface area contributed by atoms with Crippen LogP contribution in [0.15, 0.2) is 29.6 Å². The maximum absolute atomic E-state index is 5.81. The molecule has 0 aliphatic rings. The molecule has 0 fully saturated rings. The van der Waals surface area contributed by atoms with Crippen LogP contribution in [-0.4, -0.2) is 4.98 Å². The van der Waals surface area contributed by atoms with Gasteiger partial charge in [0.15, 0.2) is 0 Å².